The molecule has 0 aliphatic rings. The first-order chi connectivity index (χ1) is 7.86. The largest absolute Gasteiger partial charge is 0.315 e. The molecule has 0 N–H and O–H groups in total. The Hall–Kier alpha value is -1.67. The van der Waals surface area contributed by atoms with Gasteiger partial charge in [0.15, 0.2) is 0 Å². The van der Waals surface area contributed by atoms with Crippen LogP contribution in [0.25, 0.3) is 16.6 Å². The predicted octanol–water partition coefficient (Wildman–Crippen LogP) is 3.92. The highest BCUT2D eigenvalue weighted by molar-refractivity contribution is 7.80. The van der Waals surface area contributed by atoms with Crippen molar-refractivity contribution < 1.29 is 0 Å². The van der Waals surface area contributed by atoms with Crippen molar-refractivity contribution in [2.24, 2.45) is 0 Å². The average molecular weight is 225 g/mol. The van der Waals surface area contributed by atoms with E-state index >= 15 is 0 Å². The summed E-state index contributed by atoms with van der Waals surface area (Å²) in [6.45, 7) is 0. The number of thiol groups is 1. The van der Waals surface area contributed by atoms with E-state index in [1.165, 1.54) is 10.9 Å². The molecule has 0 atom stereocenters. The fraction of sp³-hybridized carbons (Fsp3) is 0. The molecule has 0 fully saturated rings. The Morgan fingerprint density at radius 1 is 0.812 bits per heavy atom. The fourth-order valence-corrected chi connectivity index (χ4v) is 2.23. The molecule has 1 heterocycles. The van der Waals surface area contributed by atoms with Gasteiger partial charge in [-0.15, -0.1) is 12.6 Å². The molecule has 2 heteroatoms. The number of rotatable bonds is 1. The molecule has 0 radical (unpaired) electrons. The average Bonchev–Trinajstić information content (AvgIpc) is 2.74. The van der Waals surface area contributed by atoms with Crippen molar-refractivity contribution in [3.05, 3.63) is 60.8 Å². The van der Waals surface area contributed by atoms with Crippen LogP contribution in [-0.4, -0.2) is 4.57 Å². The fourth-order valence-electron chi connectivity index (χ4n) is 1.96. The lowest BCUT2D eigenvalue weighted by molar-refractivity contribution is 1.08. The first-order valence-corrected chi connectivity index (χ1v) is 5.65. The Bertz CT molecular complexity index is 640. The second-order valence-electron chi connectivity index (χ2n) is 3.73. The van der Waals surface area contributed by atoms with Crippen molar-refractivity contribution in [1.29, 1.82) is 0 Å². The van der Waals surface area contributed by atoms with Gasteiger partial charge in [0.05, 0.1) is 11.2 Å². The third-order valence-corrected chi connectivity index (χ3v) is 3.12. The molecule has 0 unspecified atom stereocenters. The van der Waals surface area contributed by atoms with Gasteiger partial charge in [-0.3, -0.25) is 0 Å². The summed E-state index contributed by atoms with van der Waals surface area (Å²) in [5.41, 5.74) is 2.33. The van der Waals surface area contributed by atoms with Gasteiger partial charge in [-0.1, -0.05) is 30.3 Å². The van der Waals surface area contributed by atoms with E-state index in [1.54, 1.807) is 0 Å². The number of para-hydroxylation sites is 2. The normalized spacial score (nSPS) is 10.8. The number of hydrogen-bond donors (Lipinski definition) is 1. The summed E-state index contributed by atoms with van der Waals surface area (Å²) in [4.78, 5) is 0.990. The van der Waals surface area contributed by atoms with Crippen LogP contribution in [0.15, 0.2) is 65.7 Å². The van der Waals surface area contributed by atoms with Gasteiger partial charge in [0.1, 0.15) is 0 Å². The van der Waals surface area contributed by atoms with Crippen LogP contribution in [0.4, 0.5) is 0 Å². The molecule has 2 aromatic carbocycles. The molecule has 78 valence electrons. The predicted molar refractivity (Wildman–Crippen MR) is 70.5 cm³/mol. The summed E-state index contributed by atoms with van der Waals surface area (Å²) < 4.78 is 2.16. The first-order valence-electron chi connectivity index (χ1n) is 5.21. The van der Waals surface area contributed by atoms with Gasteiger partial charge in [-0.05, 0) is 29.7 Å². The summed E-state index contributed by atoms with van der Waals surface area (Å²) in [5, 5.41) is 1.25. The maximum Gasteiger partial charge on any atom is 0.0589 e. The van der Waals surface area contributed by atoms with E-state index in [1.807, 2.05) is 18.2 Å². The number of nitrogens with zero attached hydrogens (tertiary/aromatic N) is 1. The van der Waals surface area contributed by atoms with Gasteiger partial charge < -0.3 is 4.57 Å². The smallest absolute Gasteiger partial charge is 0.0589 e. The molecule has 0 saturated heterocycles. The van der Waals surface area contributed by atoms with Gasteiger partial charge in [0, 0.05) is 11.1 Å². The number of aromatic nitrogens is 1. The highest BCUT2D eigenvalue weighted by Gasteiger charge is 2.04. The Morgan fingerprint density at radius 2 is 1.56 bits per heavy atom. The van der Waals surface area contributed by atoms with E-state index in [4.69, 9.17) is 0 Å². The minimum absolute atomic E-state index is 0.990. The van der Waals surface area contributed by atoms with E-state index in [0.29, 0.717) is 0 Å². The summed E-state index contributed by atoms with van der Waals surface area (Å²) in [5.74, 6) is 0. The molecule has 0 amide bonds. The lowest BCUT2D eigenvalue weighted by atomic mass is 10.2. The van der Waals surface area contributed by atoms with Crippen LogP contribution in [0.1, 0.15) is 0 Å². The Morgan fingerprint density at radius 3 is 2.44 bits per heavy atom. The lowest BCUT2D eigenvalue weighted by Gasteiger charge is -2.07. The maximum absolute atomic E-state index is 4.49. The molecule has 0 aliphatic heterocycles. The van der Waals surface area contributed by atoms with Crippen LogP contribution in [0.3, 0.4) is 0 Å². The van der Waals surface area contributed by atoms with Crippen LogP contribution >= 0.6 is 12.6 Å². The topological polar surface area (TPSA) is 4.93 Å². The lowest BCUT2D eigenvalue weighted by Crippen LogP contribution is -1.92. The molecule has 16 heavy (non-hydrogen) atoms. The standard InChI is InChI=1S/C14H11NS/c16-14-8-4-3-7-13(14)15-10-9-11-5-1-2-6-12(11)15/h1-10,16H. The Kier molecular flexibility index (Phi) is 2.22. The molecule has 1 aromatic heterocycles. The van der Waals surface area contributed by atoms with Gasteiger partial charge in [0.2, 0.25) is 0 Å². The van der Waals surface area contributed by atoms with E-state index in [2.05, 4.69) is 59.8 Å². The highest BCUT2D eigenvalue weighted by atomic mass is 32.1. The first kappa shape index (κ1) is 9.55. The maximum atomic E-state index is 4.49. The van der Waals surface area contributed by atoms with E-state index in [-0.39, 0.29) is 0 Å². The van der Waals surface area contributed by atoms with E-state index < -0.39 is 0 Å². The van der Waals surface area contributed by atoms with Crippen molar-refractivity contribution in [1.82, 2.24) is 4.57 Å². The quantitative estimate of drug-likeness (QED) is 0.599. The van der Waals surface area contributed by atoms with Crippen molar-refractivity contribution in [2.75, 3.05) is 0 Å². The highest BCUT2D eigenvalue weighted by Crippen LogP contribution is 2.24. The van der Waals surface area contributed by atoms with Crippen LogP contribution in [-0.2, 0) is 0 Å². The van der Waals surface area contributed by atoms with Gasteiger partial charge in [-0.25, -0.2) is 0 Å². The zero-order chi connectivity index (χ0) is 11.0. The molecule has 0 saturated carbocycles. The second-order valence-corrected chi connectivity index (χ2v) is 4.22. The van der Waals surface area contributed by atoms with Crippen LogP contribution in [0.5, 0.6) is 0 Å². The third kappa shape index (κ3) is 1.42. The van der Waals surface area contributed by atoms with Crippen LogP contribution in [0, 0.1) is 0 Å². The summed E-state index contributed by atoms with van der Waals surface area (Å²) in [6, 6.07) is 18.6. The molecule has 1 nitrogen and oxygen atoms in total. The SMILES string of the molecule is Sc1ccccc1-n1ccc2ccccc21. The molecule has 0 bridgehead atoms. The van der Waals surface area contributed by atoms with Gasteiger partial charge in [0.25, 0.3) is 0 Å². The van der Waals surface area contributed by atoms with Crippen LogP contribution in [0.2, 0.25) is 0 Å². The second kappa shape index (κ2) is 3.72. The Labute approximate surface area is 99.7 Å². The van der Waals surface area contributed by atoms with E-state index in [0.717, 1.165) is 10.6 Å². The van der Waals surface area contributed by atoms with Crippen molar-refractivity contribution in [3.8, 4) is 5.69 Å². The monoisotopic (exact) mass is 225 g/mol. The summed E-state index contributed by atoms with van der Waals surface area (Å²) >= 11 is 4.49. The minimum Gasteiger partial charge on any atom is -0.315 e. The van der Waals surface area contributed by atoms with Crippen molar-refractivity contribution in [2.45, 2.75) is 4.90 Å². The zero-order valence-electron chi connectivity index (χ0n) is 8.67. The molecule has 3 aromatic rings. The van der Waals surface area contributed by atoms with E-state index in [9.17, 15) is 0 Å². The molecular formula is C14H11NS. The number of hydrogen-bond acceptors (Lipinski definition) is 1. The Balaban J connectivity index is 2.31. The van der Waals surface area contributed by atoms with Crippen molar-refractivity contribution >= 4 is 23.5 Å². The van der Waals surface area contributed by atoms with Gasteiger partial charge >= 0.3 is 0 Å². The minimum atomic E-state index is 0.990. The summed E-state index contributed by atoms with van der Waals surface area (Å²) in [6.07, 6.45) is 2.08. The number of benzene rings is 2. The zero-order valence-corrected chi connectivity index (χ0v) is 9.56. The number of fused-ring (bicyclic) bond motifs is 1. The molecule has 0 aliphatic carbocycles. The summed E-state index contributed by atoms with van der Waals surface area (Å²) in [7, 11) is 0. The van der Waals surface area contributed by atoms with Crippen LogP contribution < -0.4 is 0 Å². The molecular weight excluding hydrogens is 214 g/mol. The third-order valence-electron chi connectivity index (χ3n) is 2.74. The van der Waals surface area contributed by atoms with Crippen molar-refractivity contribution in [3.63, 3.8) is 0 Å². The van der Waals surface area contributed by atoms with Gasteiger partial charge in [-0.2, -0.15) is 0 Å². The molecule has 0 spiro atoms. The molecule has 3 rings (SSSR count).